The van der Waals surface area contributed by atoms with Gasteiger partial charge in [-0.05, 0) is 12.5 Å². The molecule has 0 aromatic rings. The first kappa shape index (κ1) is 6.88. The summed E-state index contributed by atoms with van der Waals surface area (Å²) in [5, 5.41) is 3.14. The maximum absolute atomic E-state index is 4.74. The highest BCUT2D eigenvalue weighted by atomic mass is 15.1. The van der Waals surface area contributed by atoms with Crippen LogP contribution in [-0.2, 0) is 0 Å². The highest BCUT2D eigenvalue weighted by Crippen LogP contribution is 1.76. The minimum absolute atomic E-state index is 0.880. The summed E-state index contributed by atoms with van der Waals surface area (Å²) in [6.07, 6.45) is 2.84. The molecule has 0 aliphatic heterocycles. The average molecular weight is 111 g/mol. The Morgan fingerprint density at radius 2 is 2.38 bits per heavy atom. The largest absolute Gasteiger partial charge is 0.322 e. The summed E-state index contributed by atoms with van der Waals surface area (Å²) in [5.74, 6) is 4.74. The molecule has 0 spiro atoms. The quantitative estimate of drug-likeness (QED) is 0.240. The lowest BCUT2D eigenvalue weighted by molar-refractivity contribution is 1.25. The number of aliphatic imine (C=N–C) groups is 1. The second kappa shape index (κ2) is 4.05. The van der Waals surface area contributed by atoms with Crippen LogP contribution in [0.3, 0.4) is 0 Å². The van der Waals surface area contributed by atoms with Gasteiger partial charge in [0.15, 0.2) is 0 Å². The van der Waals surface area contributed by atoms with E-state index in [-0.39, 0.29) is 0 Å². The molecule has 0 amide bonds. The summed E-state index contributed by atoms with van der Waals surface area (Å²) in [4.78, 5) is 3.65. The second-order valence-electron chi connectivity index (χ2n) is 1.39. The van der Waals surface area contributed by atoms with Gasteiger partial charge in [-0.2, -0.15) is 5.10 Å². The molecular weight excluding hydrogens is 102 g/mol. The summed E-state index contributed by atoms with van der Waals surface area (Å²) >= 11 is 0. The number of hydrogen-bond acceptors (Lipinski definition) is 2. The SMILES string of the molecule is C=C(C)C=N/C=N\N. The van der Waals surface area contributed by atoms with E-state index < -0.39 is 0 Å². The zero-order valence-corrected chi connectivity index (χ0v) is 4.83. The number of hydrazone groups is 1. The van der Waals surface area contributed by atoms with Crippen LogP contribution >= 0.6 is 0 Å². The molecule has 0 bridgehead atoms. The van der Waals surface area contributed by atoms with Crippen molar-refractivity contribution in [1.82, 2.24) is 0 Å². The molecule has 0 aliphatic carbocycles. The van der Waals surface area contributed by atoms with E-state index in [1.165, 1.54) is 6.34 Å². The lowest BCUT2D eigenvalue weighted by Crippen LogP contribution is -1.80. The molecule has 3 heteroatoms. The summed E-state index contributed by atoms with van der Waals surface area (Å²) in [6, 6.07) is 0. The van der Waals surface area contributed by atoms with E-state index in [1.54, 1.807) is 6.21 Å². The topological polar surface area (TPSA) is 50.7 Å². The van der Waals surface area contributed by atoms with Gasteiger partial charge in [0.05, 0.1) is 0 Å². The molecule has 0 fully saturated rings. The van der Waals surface area contributed by atoms with E-state index in [0.717, 1.165) is 5.57 Å². The maximum atomic E-state index is 4.74. The molecule has 0 aromatic heterocycles. The van der Waals surface area contributed by atoms with E-state index in [1.807, 2.05) is 6.92 Å². The third-order valence-electron chi connectivity index (χ3n) is 0.428. The van der Waals surface area contributed by atoms with Crippen LogP contribution in [0.25, 0.3) is 0 Å². The number of nitrogens with two attached hydrogens (primary N) is 1. The van der Waals surface area contributed by atoms with Crippen molar-refractivity contribution in [3.05, 3.63) is 12.2 Å². The van der Waals surface area contributed by atoms with Gasteiger partial charge < -0.3 is 5.84 Å². The predicted octanol–water partition coefficient (Wildman–Crippen LogP) is 0.535. The van der Waals surface area contributed by atoms with Gasteiger partial charge in [0.1, 0.15) is 6.34 Å². The highest BCUT2D eigenvalue weighted by molar-refractivity contribution is 5.83. The Kier molecular flexibility index (Phi) is 3.48. The fourth-order valence-corrected chi connectivity index (χ4v) is 0.199. The Labute approximate surface area is 48.6 Å². The van der Waals surface area contributed by atoms with Gasteiger partial charge >= 0.3 is 0 Å². The smallest absolute Gasteiger partial charge is 0.134 e. The summed E-state index contributed by atoms with van der Waals surface area (Å²) in [7, 11) is 0. The van der Waals surface area contributed by atoms with Crippen molar-refractivity contribution in [3.63, 3.8) is 0 Å². The first-order valence-electron chi connectivity index (χ1n) is 2.18. The van der Waals surface area contributed by atoms with E-state index in [9.17, 15) is 0 Å². The molecule has 0 aromatic carbocycles. The van der Waals surface area contributed by atoms with Crippen LogP contribution < -0.4 is 5.84 Å². The Hall–Kier alpha value is -1.12. The fraction of sp³-hybridized carbons (Fsp3) is 0.200. The van der Waals surface area contributed by atoms with Gasteiger partial charge in [-0.3, -0.25) is 0 Å². The van der Waals surface area contributed by atoms with Crippen LogP contribution in [0, 0.1) is 0 Å². The second-order valence-corrected chi connectivity index (χ2v) is 1.39. The van der Waals surface area contributed by atoms with Crippen LogP contribution in [0.15, 0.2) is 22.2 Å². The van der Waals surface area contributed by atoms with Gasteiger partial charge in [-0.25, -0.2) is 4.99 Å². The van der Waals surface area contributed by atoms with Crippen molar-refractivity contribution in [1.29, 1.82) is 0 Å². The fourth-order valence-electron chi connectivity index (χ4n) is 0.199. The van der Waals surface area contributed by atoms with Gasteiger partial charge in [-0.1, -0.05) is 6.58 Å². The minimum atomic E-state index is 0.880. The molecule has 0 rings (SSSR count). The minimum Gasteiger partial charge on any atom is -0.322 e. The maximum Gasteiger partial charge on any atom is 0.134 e. The summed E-state index contributed by atoms with van der Waals surface area (Å²) < 4.78 is 0. The molecule has 44 valence electrons. The summed E-state index contributed by atoms with van der Waals surface area (Å²) in [5.41, 5.74) is 0.880. The monoisotopic (exact) mass is 111 g/mol. The van der Waals surface area contributed by atoms with Crippen LogP contribution in [-0.4, -0.2) is 12.6 Å². The number of nitrogens with zero attached hydrogens (tertiary/aromatic N) is 2. The first-order chi connectivity index (χ1) is 3.77. The molecule has 0 radical (unpaired) electrons. The molecule has 0 unspecified atom stereocenters. The van der Waals surface area contributed by atoms with Crippen molar-refractivity contribution < 1.29 is 0 Å². The van der Waals surface area contributed by atoms with Crippen LogP contribution in [0.5, 0.6) is 0 Å². The molecule has 8 heavy (non-hydrogen) atoms. The molecule has 0 heterocycles. The van der Waals surface area contributed by atoms with Crippen LogP contribution in [0.2, 0.25) is 0 Å². The molecule has 3 nitrogen and oxygen atoms in total. The van der Waals surface area contributed by atoms with Crippen LogP contribution in [0.1, 0.15) is 6.92 Å². The van der Waals surface area contributed by atoms with Gasteiger partial charge in [0.25, 0.3) is 0 Å². The molecule has 2 N–H and O–H groups in total. The third-order valence-corrected chi connectivity index (χ3v) is 0.428. The van der Waals surface area contributed by atoms with E-state index in [2.05, 4.69) is 16.7 Å². The number of hydrogen-bond donors (Lipinski definition) is 1. The van der Waals surface area contributed by atoms with Crippen molar-refractivity contribution in [2.45, 2.75) is 6.92 Å². The standard InChI is InChI=1S/C5H9N3/c1-5(2)3-7-4-8-6/h3-4H,1,6H2,2H3/b7-3?,8-4-. The number of allylic oxidation sites excluding steroid dienone is 1. The van der Waals surface area contributed by atoms with E-state index >= 15 is 0 Å². The molecule has 0 atom stereocenters. The Morgan fingerprint density at radius 1 is 1.75 bits per heavy atom. The Balaban J connectivity index is 3.50. The summed E-state index contributed by atoms with van der Waals surface area (Å²) in [6.45, 7) is 5.42. The van der Waals surface area contributed by atoms with Gasteiger partial charge in [-0.15, -0.1) is 0 Å². The van der Waals surface area contributed by atoms with Crippen LogP contribution in [0.4, 0.5) is 0 Å². The Bertz CT molecular complexity index is 124. The van der Waals surface area contributed by atoms with Crippen molar-refractivity contribution >= 4 is 12.6 Å². The normalized spacial score (nSPS) is 11.1. The third kappa shape index (κ3) is 4.88. The predicted molar refractivity (Wildman–Crippen MR) is 36.0 cm³/mol. The van der Waals surface area contributed by atoms with Crippen molar-refractivity contribution in [3.8, 4) is 0 Å². The Morgan fingerprint density at radius 3 is 2.75 bits per heavy atom. The molecule has 0 saturated carbocycles. The van der Waals surface area contributed by atoms with E-state index in [4.69, 9.17) is 5.84 Å². The first-order valence-corrected chi connectivity index (χ1v) is 2.18. The zero-order valence-electron chi connectivity index (χ0n) is 4.83. The molecule has 0 saturated heterocycles. The van der Waals surface area contributed by atoms with Gasteiger partial charge in [0, 0.05) is 6.21 Å². The lowest BCUT2D eigenvalue weighted by Gasteiger charge is -1.77. The molecular formula is C5H9N3. The number of rotatable bonds is 2. The zero-order chi connectivity index (χ0) is 6.41. The average Bonchev–Trinajstić information content (AvgIpc) is 1.66. The highest BCUT2D eigenvalue weighted by Gasteiger charge is 1.68. The van der Waals surface area contributed by atoms with Crippen molar-refractivity contribution in [2.75, 3.05) is 0 Å². The van der Waals surface area contributed by atoms with E-state index in [0.29, 0.717) is 0 Å². The lowest BCUT2D eigenvalue weighted by atomic mass is 10.4. The van der Waals surface area contributed by atoms with Crippen molar-refractivity contribution in [2.24, 2.45) is 15.9 Å². The molecule has 0 aliphatic rings. The van der Waals surface area contributed by atoms with Gasteiger partial charge in [0.2, 0.25) is 0 Å².